The highest BCUT2D eigenvalue weighted by molar-refractivity contribution is 6.36. The number of carbonyl (C=O) groups excluding carboxylic acids is 1. The van der Waals surface area contributed by atoms with Crippen molar-refractivity contribution < 1.29 is 4.79 Å². The summed E-state index contributed by atoms with van der Waals surface area (Å²) in [7, 11) is 0. The number of aromatic nitrogens is 2. The molecule has 1 saturated carbocycles. The van der Waals surface area contributed by atoms with Crippen LogP contribution < -0.4 is 5.32 Å². The van der Waals surface area contributed by atoms with Crippen LogP contribution >= 0.6 is 34.8 Å². The number of H-pyrrole nitrogens is 1. The zero-order valence-electron chi connectivity index (χ0n) is 15.6. The number of hydrogen-bond acceptors (Lipinski definition) is 2. The molecule has 0 saturated heterocycles. The van der Waals surface area contributed by atoms with E-state index < -0.39 is 0 Å². The van der Waals surface area contributed by atoms with E-state index in [2.05, 4.69) is 15.3 Å². The van der Waals surface area contributed by atoms with E-state index in [4.69, 9.17) is 34.8 Å². The van der Waals surface area contributed by atoms with E-state index >= 15 is 0 Å². The molecule has 150 valence electrons. The molecule has 0 unspecified atom stereocenters. The Morgan fingerprint density at radius 2 is 1.72 bits per heavy atom. The second-order valence-electron chi connectivity index (χ2n) is 7.29. The van der Waals surface area contributed by atoms with Gasteiger partial charge in [0.1, 0.15) is 0 Å². The van der Waals surface area contributed by atoms with E-state index in [0.29, 0.717) is 33.0 Å². The highest BCUT2D eigenvalue weighted by Crippen LogP contribution is 2.32. The first-order chi connectivity index (χ1) is 14.0. The highest BCUT2D eigenvalue weighted by Gasteiger charge is 2.23. The molecule has 29 heavy (non-hydrogen) atoms. The number of hydrogen-bond donors (Lipinski definition) is 2. The highest BCUT2D eigenvalue weighted by atomic mass is 35.5. The fourth-order valence-electron chi connectivity index (χ4n) is 3.68. The van der Waals surface area contributed by atoms with Gasteiger partial charge >= 0.3 is 0 Å². The predicted molar refractivity (Wildman–Crippen MR) is 118 cm³/mol. The topological polar surface area (TPSA) is 57.8 Å². The molecule has 0 atom stereocenters. The maximum absolute atomic E-state index is 12.8. The summed E-state index contributed by atoms with van der Waals surface area (Å²) in [6.45, 7) is 0. The second kappa shape index (κ2) is 8.78. The zero-order chi connectivity index (χ0) is 20.4. The van der Waals surface area contributed by atoms with Gasteiger partial charge in [0, 0.05) is 33.8 Å². The van der Waals surface area contributed by atoms with Gasteiger partial charge in [-0.15, -0.1) is 0 Å². The van der Waals surface area contributed by atoms with Crippen LogP contribution in [-0.4, -0.2) is 21.9 Å². The Balaban J connectivity index is 1.69. The number of halogens is 3. The fraction of sp³-hybridized carbons (Fsp3) is 0.273. The number of rotatable bonds is 5. The van der Waals surface area contributed by atoms with Gasteiger partial charge in [0.2, 0.25) is 0 Å². The van der Waals surface area contributed by atoms with Gasteiger partial charge in [0.05, 0.1) is 10.7 Å². The maximum Gasteiger partial charge on any atom is 0.287 e. The predicted octanol–water partition coefficient (Wildman–Crippen LogP) is 6.30. The molecule has 3 aromatic rings. The number of nitrogens with one attached hydrogen (secondary N) is 2. The molecule has 1 fully saturated rings. The summed E-state index contributed by atoms with van der Waals surface area (Å²) in [5, 5.41) is 4.79. The molecule has 2 N–H and O–H groups in total. The van der Waals surface area contributed by atoms with E-state index in [0.717, 1.165) is 42.5 Å². The zero-order valence-corrected chi connectivity index (χ0v) is 17.9. The fourth-order valence-corrected chi connectivity index (χ4v) is 4.30. The van der Waals surface area contributed by atoms with E-state index in [-0.39, 0.29) is 11.9 Å². The molecule has 2 aromatic carbocycles. The molecule has 7 heteroatoms. The van der Waals surface area contributed by atoms with Crippen LogP contribution in [0.25, 0.3) is 11.3 Å². The van der Waals surface area contributed by atoms with Crippen molar-refractivity contribution in [1.29, 1.82) is 0 Å². The van der Waals surface area contributed by atoms with Crippen LogP contribution in [0.3, 0.4) is 0 Å². The number of nitrogens with zero attached hydrogens (tertiary/aromatic N) is 1. The summed E-state index contributed by atoms with van der Waals surface area (Å²) in [5.41, 5.74) is 3.25. The van der Waals surface area contributed by atoms with Gasteiger partial charge in [-0.3, -0.25) is 4.79 Å². The van der Waals surface area contributed by atoms with E-state index in [9.17, 15) is 4.79 Å². The normalized spacial score (nSPS) is 14.3. The molecule has 1 heterocycles. The van der Waals surface area contributed by atoms with Crippen LogP contribution in [0.5, 0.6) is 0 Å². The summed E-state index contributed by atoms with van der Waals surface area (Å²) < 4.78 is 0. The van der Waals surface area contributed by atoms with Crippen molar-refractivity contribution in [3.63, 3.8) is 0 Å². The molecule has 1 aliphatic rings. The molecule has 1 aliphatic carbocycles. The first kappa shape index (κ1) is 20.3. The average Bonchev–Trinajstić information content (AvgIpc) is 3.34. The number of amides is 1. The average molecular weight is 449 g/mol. The largest absolute Gasteiger partial charge is 0.347 e. The quantitative estimate of drug-likeness (QED) is 0.481. The van der Waals surface area contributed by atoms with Crippen LogP contribution in [0, 0.1) is 0 Å². The Morgan fingerprint density at radius 1 is 1.03 bits per heavy atom. The third-order valence-electron chi connectivity index (χ3n) is 5.16. The van der Waals surface area contributed by atoms with Crippen LogP contribution in [0.2, 0.25) is 15.1 Å². The number of carbonyl (C=O) groups is 1. The SMILES string of the molecule is O=C(NC1CCCC1)c1nc(-c2ccc(Cl)cc2Cl)c(Cc2ccc(Cl)cc2)[nH]1. The number of imidazole rings is 1. The molecular formula is C22H20Cl3N3O. The van der Waals surface area contributed by atoms with Crippen molar-refractivity contribution in [3.8, 4) is 11.3 Å². The summed E-state index contributed by atoms with van der Waals surface area (Å²) in [5.74, 6) is 0.104. The summed E-state index contributed by atoms with van der Waals surface area (Å²) in [6, 6.07) is 13.1. The van der Waals surface area contributed by atoms with Gasteiger partial charge in [-0.05, 0) is 48.7 Å². The minimum atomic E-state index is -0.189. The van der Waals surface area contributed by atoms with Crippen molar-refractivity contribution in [2.75, 3.05) is 0 Å². The maximum atomic E-state index is 12.8. The number of benzene rings is 2. The Kier molecular flexibility index (Phi) is 6.14. The minimum Gasteiger partial charge on any atom is -0.347 e. The van der Waals surface area contributed by atoms with Crippen molar-refractivity contribution in [2.24, 2.45) is 0 Å². The molecule has 0 spiro atoms. The van der Waals surface area contributed by atoms with E-state index in [1.54, 1.807) is 12.1 Å². The number of aromatic amines is 1. The first-order valence-electron chi connectivity index (χ1n) is 9.59. The van der Waals surface area contributed by atoms with E-state index in [1.165, 1.54) is 0 Å². The smallest absolute Gasteiger partial charge is 0.287 e. The van der Waals surface area contributed by atoms with Crippen LogP contribution in [0.1, 0.15) is 47.6 Å². The van der Waals surface area contributed by atoms with Crippen molar-refractivity contribution in [1.82, 2.24) is 15.3 Å². The third-order valence-corrected chi connectivity index (χ3v) is 5.96. The summed E-state index contributed by atoms with van der Waals surface area (Å²) in [4.78, 5) is 20.6. The molecule has 0 bridgehead atoms. The molecule has 1 amide bonds. The van der Waals surface area contributed by atoms with Gasteiger partial charge in [0.25, 0.3) is 5.91 Å². The van der Waals surface area contributed by atoms with Gasteiger partial charge < -0.3 is 10.3 Å². The molecule has 1 aromatic heterocycles. The van der Waals surface area contributed by atoms with Crippen LogP contribution in [-0.2, 0) is 6.42 Å². The lowest BCUT2D eigenvalue weighted by Gasteiger charge is -2.09. The monoisotopic (exact) mass is 447 g/mol. The molecule has 0 radical (unpaired) electrons. The summed E-state index contributed by atoms with van der Waals surface area (Å²) >= 11 is 18.5. The lowest BCUT2D eigenvalue weighted by Crippen LogP contribution is -2.33. The Bertz CT molecular complexity index is 1020. The lowest BCUT2D eigenvalue weighted by molar-refractivity contribution is 0.0928. The Hall–Kier alpha value is -2.01. The molecular weight excluding hydrogens is 429 g/mol. The van der Waals surface area contributed by atoms with Crippen LogP contribution in [0.15, 0.2) is 42.5 Å². The van der Waals surface area contributed by atoms with Crippen molar-refractivity contribution in [3.05, 3.63) is 74.6 Å². The van der Waals surface area contributed by atoms with Gasteiger partial charge in [-0.1, -0.05) is 59.8 Å². The van der Waals surface area contributed by atoms with Gasteiger partial charge in [-0.2, -0.15) is 0 Å². The second-order valence-corrected chi connectivity index (χ2v) is 8.57. The standard InChI is InChI=1S/C22H20Cl3N3O/c23-14-7-5-13(6-8-14)11-19-20(17-10-9-15(24)12-18(17)25)28-21(27-19)22(29)26-16-3-1-2-4-16/h5-10,12,16H,1-4,11H2,(H,26,29)(H,27,28). The Labute approximate surface area is 184 Å². The van der Waals surface area contributed by atoms with Gasteiger partial charge in [-0.25, -0.2) is 4.98 Å². The third kappa shape index (κ3) is 4.77. The molecule has 4 rings (SSSR count). The Morgan fingerprint density at radius 3 is 2.41 bits per heavy atom. The minimum absolute atomic E-state index is 0.189. The molecule has 4 nitrogen and oxygen atoms in total. The van der Waals surface area contributed by atoms with Crippen LogP contribution in [0.4, 0.5) is 0 Å². The van der Waals surface area contributed by atoms with E-state index in [1.807, 2.05) is 30.3 Å². The van der Waals surface area contributed by atoms with Crippen molar-refractivity contribution >= 4 is 40.7 Å². The van der Waals surface area contributed by atoms with Crippen molar-refractivity contribution in [2.45, 2.75) is 38.1 Å². The van der Waals surface area contributed by atoms with Gasteiger partial charge in [0.15, 0.2) is 5.82 Å². The lowest BCUT2D eigenvalue weighted by atomic mass is 10.0. The summed E-state index contributed by atoms with van der Waals surface area (Å²) in [6.07, 6.45) is 4.89. The molecule has 0 aliphatic heterocycles. The first-order valence-corrected chi connectivity index (χ1v) is 10.7.